The summed E-state index contributed by atoms with van der Waals surface area (Å²) in [7, 11) is 1.53. The van der Waals surface area contributed by atoms with Gasteiger partial charge in [-0.1, -0.05) is 41.9 Å². The Balaban J connectivity index is 1.37. The summed E-state index contributed by atoms with van der Waals surface area (Å²) in [5.74, 6) is 0.299. The molecule has 172 valence electrons. The molecule has 0 spiro atoms. The van der Waals surface area contributed by atoms with Crippen LogP contribution in [0.25, 0.3) is 6.08 Å². The molecular weight excluding hydrogens is 476 g/mol. The van der Waals surface area contributed by atoms with Crippen LogP contribution in [0.5, 0.6) is 11.5 Å². The summed E-state index contributed by atoms with van der Waals surface area (Å²) in [4.78, 5) is 38.8. The van der Waals surface area contributed by atoms with Crippen LogP contribution in [0.2, 0.25) is 5.02 Å². The molecule has 9 heteroatoms. The summed E-state index contributed by atoms with van der Waals surface area (Å²) in [6, 6.07) is 20.5. The predicted octanol–water partition coefficient (Wildman–Crippen LogP) is 5.61. The lowest BCUT2D eigenvalue weighted by Gasteiger charge is -2.12. The number of carbonyl (C=O) groups excluding carboxylic acids is 3. The zero-order valence-corrected chi connectivity index (χ0v) is 19.6. The first-order chi connectivity index (χ1) is 16.4. The lowest BCUT2D eigenvalue weighted by Crippen LogP contribution is -2.27. The molecule has 0 radical (unpaired) electrons. The van der Waals surface area contributed by atoms with Gasteiger partial charge >= 0.3 is 0 Å². The van der Waals surface area contributed by atoms with Crippen molar-refractivity contribution in [2.24, 2.45) is 0 Å². The second-order valence-electron chi connectivity index (χ2n) is 7.10. The molecule has 1 aliphatic rings. The molecule has 4 rings (SSSR count). The van der Waals surface area contributed by atoms with Crippen LogP contribution in [-0.4, -0.2) is 30.8 Å². The van der Waals surface area contributed by atoms with Crippen LogP contribution in [0, 0.1) is 0 Å². The molecule has 3 aromatic carbocycles. The minimum atomic E-state index is -0.411. The van der Waals surface area contributed by atoms with E-state index in [-0.39, 0.29) is 17.8 Å². The van der Waals surface area contributed by atoms with Gasteiger partial charge in [-0.3, -0.25) is 14.4 Å². The van der Waals surface area contributed by atoms with Gasteiger partial charge in [-0.2, -0.15) is 0 Å². The maximum Gasteiger partial charge on any atom is 0.298 e. The fourth-order valence-corrected chi connectivity index (χ4v) is 4.23. The van der Waals surface area contributed by atoms with E-state index in [1.807, 2.05) is 6.07 Å². The number of amides is 3. The van der Waals surface area contributed by atoms with Crippen LogP contribution in [0.4, 0.5) is 16.2 Å². The minimum Gasteiger partial charge on any atom is -0.495 e. The van der Waals surface area contributed by atoms with E-state index in [0.717, 1.165) is 16.7 Å². The maximum absolute atomic E-state index is 12.8. The molecule has 3 aromatic rings. The SMILES string of the molecule is COc1ccccc1NC(=O)COc1ccc(/C=C2/SC(=O)N(c3cccc(Cl)c3)C2=O)cc1. The van der Waals surface area contributed by atoms with Crippen molar-refractivity contribution in [3.05, 3.63) is 88.3 Å². The molecule has 1 N–H and O–H groups in total. The highest BCUT2D eigenvalue weighted by Gasteiger charge is 2.36. The van der Waals surface area contributed by atoms with Gasteiger partial charge in [0.05, 0.1) is 23.4 Å². The zero-order chi connectivity index (χ0) is 24.1. The van der Waals surface area contributed by atoms with Gasteiger partial charge in [-0.25, -0.2) is 4.90 Å². The smallest absolute Gasteiger partial charge is 0.298 e. The van der Waals surface area contributed by atoms with Crippen molar-refractivity contribution in [2.75, 3.05) is 23.9 Å². The number of nitrogens with one attached hydrogen (secondary N) is 1. The molecule has 0 bridgehead atoms. The number of halogens is 1. The van der Waals surface area contributed by atoms with Crippen molar-refractivity contribution in [2.45, 2.75) is 0 Å². The standard InChI is InChI=1S/C25H19ClN2O5S/c1-32-21-8-3-2-7-20(21)27-23(29)15-33-19-11-9-16(10-12-19)13-22-24(30)28(25(31)34-22)18-6-4-5-17(26)14-18/h2-14H,15H2,1H3,(H,27,29)/b22-13+. The van der Waals surface area contributed by atoms with Gasteiger partial charge in [0, 0.05) is 5.02 Å². The third-order valence-corrected chi connectivity index (χ3v) is 5.89. The normalized spacial score (nSPS) is 14.4. The Morgan fingerprint density at radius 3 is 2.56 bits per heavy atom. The third kappa shape index (κ3) is 5.41. The monoisotopic (exact) mass is 494 g/mol. The largest absolute Gasteiger partial charge is 0.495 e. The molecule has 1 aliphatic heterocycles. The first-order valence-corrected chi connectivity index (χ1v) is 11.3. The van der Waals surface area contributed by atoms with Crippen LogP contribution in [0.1, 0.15) is 5.56 Å². The number of rotatable bonds is 7. The first-order valence-electron chi connectivity index (χ1n) is 10.1. The molecule has 0 aromatic heterocycles. The van der Waals surface area contributed by atoms with Crippen LogP contribution < -0.4 is 19.7 Å². The van der Waals surface area contributed by atoms with Gasteiger partial charge in [0.15, 0.2) is 6.61 Å². The molecule has 0 aliphatic carbocycles. The van der Waals surface area contributed by atoms with Crippen molar-refractivity contribution in [3.63, 3.8) is 0 Å². The average molecular weight is 495 g/mol. The van der Waals surface area contributed by atoms with Crippen LogP contribution in [-0.2, 0) is 9.59 Å². The number of thioether (sulfide) groups is 1. The molecule has 1 saturated heterocycles. The number of para-hydroxylation sites is 2. The first kappa shape index (κ1) is 23.4. The highest BCUT2D eigenvalue weighted by Crippen LogP contribution is 2.36. The topological polar surface area (TPSA) is 84.9 Å². The van der Waals surface area contributed by atoms with Gasteiger partial charge in [0.2, 0.25) is 0 Å². The van der Waals surface area contributed by atoms with Crippen molar-refractivity contribution in [3.8, 4) is 11.5 Å². The van der Waals surface area contributed by atoms with E-state index in [9.17, 15) is 14.4 Å². The fourth-order valence-electron chi connectivity index (χ4n) is 3.20. The Morgan fingerprint density at radius 2 is 1.82 bits per heavy atom. The Labute approximate surface area is 205 Å². The van der Waals surface area contributed by atoms with Crippen LogP contribution in [0.3, 0.4) is 0 Å². The molecule has 3 amide bonds. The Morgan fingerprint density at radius 1 is 1.06 bits per heavy atom. The molecule has 1 heterocycles. The Bertz CT molecular complexity index is 1280. The summed E-state index contributed by atoms with van der Waals surface area (Å²) in [5, 5.41) is 2.79. The molecule has 0 atom stereocenters. The number of carbonyl (C=O) groups is 3. The van der Waals surface area contributed by atoms with Gasteiger partial charge in [0.25, 0.3) is 17.1 Å². The van der Waals surface area contributed by atoms with Gasteiger partial charge in [-0.15, -0.1) is 0 Å². The van der Waals surface area contributed by atoms with E-state index < -0.39 is 5.91 Å². The van der Waals surface area contributed by atoms with Crippen molar-refractivity contribution in [1.82, 2.24) is 0 Å². The second-order valence-corrected chi connectivity index (χ2v) is 8.53. The fraction of sp³-hybridized carbons (Fsp3) is 0.0800. The molecule has 34 heavy (non-hydrogen) atoms. The average Bonchev–Trinajstić information content (AvgIpc) is 3.11. The predicted molar refractivity (Wildman–Crippen MR) is 133 cm³/mol. The van der Waals surface area contributed by atoms with Gasteiger partial charge in [-0.05, 0) is 65.9 Å². The summed E-state index contributed by atoms with van der Waals surface area (Å²) in [6.07, 6.45) is 1.63. The molecule has 7 nitrogen and oxygen atoms in total. The number of hydrogen-bond donors (Lipinski definition) is 1. The Kier molecular flexibility index (Phi) is 7.20. The number of benzene rings is 3. The molecule has 0 unspecified atom stereocenters. The molecule has 1 fully saturated rings. The number of imide groups is 1. The quantitative estimate of drug-likeness (QED) is 0.430. The number of ether oxygens (including phenoxy) is 2. The molecule has 0 saturated carbocycles. The lowest BCUT2D eigenvalue weighted by atomic mass is 10.2. The second kappa shape index (κ2) is 10.5. The molecular formula is C25H19ClN2O5S. The number of anilines is 2. The highest BCUT2D eigenvalue weighted by molar-refractivity contribution is 8.19. The van der Waals surface area contributed by atoms with E-state index in [1.165, 1.54) is 7.11 Å². The summed E-state index contributed by atoms with van der Waals surface area (Å²) in [6.45, 7) is -0.185. The van der Waals surface area contributed by atoms with E-state index in [2.05, 4.69) is 5.32 Å². The van der Waals surface area contributed by atoms with Crippen molar-refractivity contribution >= 4 is 57.9 Å². The minimum absolute atomic E-state index is 0.185. The lowest BCUT2D eigenvalue weighted by molar-refractivity contribution is -0.118. The number of hydrogen-bond acceptors (Lipinski definition) is 6. The van der Waals surface area contributed by atoms with Crippen LogP contribution in [0.15, 0.2) is 77.7 Å². The maximum atomic E-state index is 12.8. The van der Waals surface area contributed by atoms with Gasteiger partial charge < -0.3 is 14.8 Å². The van der Waals surface area contributed by atoms with Crippen LogP contribution >= 0.6 is 23.4 Å². The summed E-state index contributed by atoms with van der Waals surface area (Å²) < 4.78 is 10.8. The number of nitrogens with zero attached hydrogens (tertiary/aromatic N) is 1. The van der Waals surface area contributed by atoms with E-state index in [4.69, 9.17) is 21.1 Å². The van der Waals surface area contributed by atoms with Crippen molar-refractivity contribution < 1.29 is 23.9 Å². The van der Waals surface area contributed by atoms with E-state index >= 15 is 0 Å². The summed E-state index contributed by atoms with van der Waals surface area (Å²) >= 11 is 6.85. The number of methoxy groups -OCH3 is 1. The highest BCUT2D eigenvalue weighted by atomic mass is 35.5. The third-order valence-electron chi connectivity index (χ3n) is 4.79. The van der Waals surface area contributed by atoms with E-state index in [1.54, 1.807) is 72.8 Å². The summed E-state index contributed by atoms with van der Waals surface area (Å²) in [5.41, 5.74) is 1.69. The van der Waals surface area contributed by atoms with E-state index in [0.29, 0.717) is 38.4 Å². The zero-order valence-electron chi connectivity index (χ0n) is 18.0. The Hall–Kier alpha value is -3.75. The van der Waals surface area contributed by atoms with Gasteiger partial charge in [0.1, 0.15) is 11.5 Å². The van der Waals surface area contributed by atoms with Crippen molar-refractivity contribution in [1.29, 1.82) is 0 Å².